The fraction of sp³-hybridized carbons (Fsp3) is 0.895. The van der Waals surface area contributed by atoms with Crippen molar-refractivity contribution in [3.05, 3.63) is 0 Å². The average molecular weight is 391 g/mol. The molecule has 0 bridgehead atoms. The number of unbranched alkanes of at least 4 members (excludes halogenated alkanes) is 3. The number of nitrogens with two attached hydrogens (primary N) is 1. The van der Waals surface area contributed by atoms with Crippen LogP contribution in [-0.4, -0.2) is 77.6 Å². The van der Waals surface area contributed by atoms with E-state index in [1.165, 1.54) is 0 Å². The summed E-state index contributed by atoms with van der Waals surface area (Å²) in [5.41, 5.74) is 5.42. The van der Waals surface area contributed by atoms with Gasteiger partial charge in [-0.2, -0.15) is 0 Å². The highest BCUT2D eigenvalue weighted by molar-refractivity contribution is 5.79. The number of hydrogen-bond donors (Lipinski definition) is 2. The molecule has 0 aromatic rings. The number of ether oxygens (including phenoxy) is 4. The van der Waals surface area contributed by atoms with Crippen LogP contribution >= 0.6 is 0 Å². The van der Waals surface area contributed by atoms with E-state index in [9.17, 15) is 9.59 Å². The number of ketones is 1. The summed E-state index contributed by atoms with van der Waals surface area (Å²) in [7, 11) is 0. The minimum atomic E-state index is -0.178. The number of carbonyl (C=O) groups is 2. The van der Waals surface area contributed by atoms with Crippen LogP contribution in [0.3, 0.4) is 0 Å². The lowest BCUT2D eigenvalue weighted by molar-refractivity contribution is -0.127. The number of hydrogen-bond acceptors (Lipinski definition) is 7. The van der Waals surface area contributed by atoms with Crippen molar-refractivity contribution >= 4 is 11.7 Å². The Morgan fingerprint density at radius 3 is 2.11 bits per heavy atom. The Bertz CT molecular complexity index is 355. The van der Waals surface area contributed by atoms with Crippen molar-refractivity contribution in [3.8, 4) is 0 Å². The molecule has 27 heavy (non-hydrogen) atoms. The van der Waals surface area contributed by atoms with Crippen LogP contribution in [0.5, 0.6) is 0 Å². The zero-order valence-electron chi connectivity index (χ0n) is 16.8. The zero-order chi connectivity index (χ0) is 20.0. The molecule has 3 N–H and O–H groups in total. The van der Waals surface area contributed by atoms with E-state index < -0.39 is 0 Å². The Kier molecular flexibility index (Phi) is 20.4. The van der Waals surface area contributed by atoms with Crippen LogP contribution in [0.15, 0.2) is 0 Å². The van der Waals surface area contributed by atoms with Crippen LogP contribution in [0.2, 0.25) is 0 Å². The quantitative estimate of drug-likeness (QED) is 0.282. The van der Waals surface area contributed by atoms with Crippen LogP contribution in [0.1, 0.15) is 45.4 Å². The normalized spacial score (nSPS) is 10.9. The first kappa shape index (κ1) is 25.9. The Morgan fingerprint density at radius 2 is 1.41 bits per heavy atom. The second-order valence-electron chi connectivity index (χ2n) is 6.17. The van der Waals surface area contributed by atoms with Crippen molar-refractivity contribution in [2.45, 2.75) is 45.4 Å². The zero-order valence-corrected chi connectivity index (χ0v) is 16.8. The largest absolute Gasteiger partial charge is 0.379 e. The van der Waals surface area contributed by atoms with E-state index in [0.29, 0.717) is 59.2 Å². The van der Waals surface area contributed by atoms with Gasteiger partial charge in [-0.05, 0) is 25.8 Å². The molecular formula is C19H38N2O6. The minimum Gasteiger partial charge on any atom is -0.379 e. The maximum Gasteiger partial charge on any atom is 0.246 e. The molecule has 0 radical (unpaired) electrons. The average Bonchev–Trinajstić information content (AvgIpc) is 2.66. The SMILES string of the molecule is CCCOCCOCC(=O)NCCOCCOCC(=O)CCCCCCN. The summed E-state index contributed by atoms with van der Waals surface area (Å²) in [5.74, 6) is -0.0579. The molecule has 8 heteroatoms. The molecule has 8 nitrogen and oxygen atoms in total. The molecule has 0 aromatic carbocycles. The topological polar surface area (TPSA) is 109 Å². The van der Waals surface area contributed by atoms with Crippen LogP contribution in [0.25, 0.3) is 0 Å². The Balaban J connectivity index is 3.25. The van der Waals surface area contributed by atoms with Crippen LogP contribution in [-0.2, 0) is 28.5 Å². The van der Waals surface area contributed by atoms with E-state index in [2.05, 4.69) is 5.32 Å². The summed E-state index contributed by atoms with van der Waals surface area (Å²) in [4.78, 5) is 23.1. The molecule has 0 aliphatic carbocycles. The number of Topliss-reactive ketones (excluding diaryl/α,β-unsaturated/α-hetero) is 1. The molecule has 1 amide bonds. The number of carbonyl (C=O) groups excluding carboxylic acids is 2. The van der Waals surface area contributed by atoms with Crippen molar-refractivity contribution in [3.63, 3.8) is 0 Å². The molecule has 0 rings (SSSR count). The van der Waals surface area contributed by atoms with E-state index in [1.54, 1.807) is 0 Å². The number of nitrogens with one attached hydrogen (secondary N) is 1. The third-order valence-electron chi connectivity index (χ3n) is 3.57. The fourth-order valence-corrected chi connectivity index (χ4v) is 2.14. The highest BCUT2D eigenvalue weighted by Gasteiger charge is 2.03. The molecular weight excluding hydrogens is 352 g/mol. The standard InChI is InChI=1S/C19H38N2O6/c1-2-10-24-12-15-27-17-19(23)21-9-11-25-13-14-26-16-18(22)7-5-3-4-6-8-20/h2-17,20H2,1H3,(H,21,23). The van der Waals surface area contributed by atoms with Gasteiger partial charge in [0.2, 0.25) is 5.91 Å². The molecule has 0 aromatic heterocycles. The maximum atomic E-state index is 11.6. The molecule has 0 heterocycles. The number of amides is 1. The Labute approximate surface area is 163 Å². The third kappa shape index (κ3) is 21.1. The second kappa shape index (κ2) is 21.2. The van der Waals surface area contributed by atoms with Gasteiger partial charge in [-0.1, -0.05) is 19.8 Å². The van der Waals surface area contributed by atoms with Gasteiger partial charge < -0.3 is 30.0 Å². The summed E-state index contributed by atoms with van der Waals surface area (Å²) >= 11 is 0. The third-order valence-corrected chi connectivity index (χ3v) is 3.57. The van der Waals surface area contributed by atoms with E-state index in [-0.39, 0.29) is 24.9 Å². The van der Waals surface area contributed by atoms with Crippen LogP contribution in [0, 0.1) is 0 Å². The molecule has 0 spiro atoms. The van der Waals surface area contributed by atoms with E-state index in [0.717, 1.165) is 32.1 Å². The smallest absolute Gasteiger partial charge is 0.246 e. The van der Waals surface area contributed by atoms with Gasteiger partial charge in [-0.15, -0.1) is 0 Å². The predicted octanol–water partition coefficient (Wildman–Crippen LogP) is 1.06. The first-order valence-electron chi connectivity index (χ1n) is 10.00. The second-order valence-corrected chi connectivity index (χ2v) is 6.17. The Hall–Kier alpha value is -1.06. The lowest BCUT2D eigenvalue weighted by atomic mass is 10.1. The lowest BCUT2D eigenvalue weighted by Crippen LogP contribution is -2.31. The highest BCUT2D eigenvalue weighted by Crippen LogP contribution is 2.02. The van der Waals surface area contributed by atoms with Gasteiger partial charge in [0.15, 0.2) is 5.78 Å². The lowest BCUT2D eigenvalue weighted by Gasteiger charge is -2.08. The molecule has 0 saturated carbocycles. The van der Waals surface area contributed by atoms with Crippen molar-refractivity contribution in [2.75, 3.05) is 65.9 Å². The van der Waals surface area contributed by atoms with Crippen LogP contribution < -0.4 is 11.1 Å². The van der Waals surface area contributed by atoms with Crippen molar-refractivity contribution in [1.82, 2.24) is 5.32 Å². The van der Waals surface area contributed by atoms with Gasteiger partial charge in [-0.3, -0.25) is 9.59 Å². The predicted molar refractivity (Wildman–Crippen MR) is 104 cm³/mol. The highest BCUT2D eigenvalue weighted by atomic mass is 16.5. The Morgan fingerprint density at radius 1 is 0.778 bits per heavy atom. The van der Waals surface area contributed by atoms with Crippen molar-refractivity contribution in [2.24, 2.45) is 5.73 Å². The molecule has 0 atom stereocenters. The summed E-state index contributed by atoms with van der Waals surface area (Å²) in [6, 6.07) is 0. The molecule has 160 valence electrons. The summed E-state index contributed by atoms with van der Waals surface area (Å²) in [6.45, 7) is 6.09. The van der Waals surface area contributed by atoms with Gasteiger partial charge in [0, 0.05) is 19.6 Å². The summed E-state index contributed by atoms with van der Waals surface area (Å²) < 4.78 is 21.0. The van der Waals surface area contributed by atoms with E-state index in [1.807, 2.05) is 6.92 Å². The molecule has 0 fully saturated rings. The van der Waals surface area contributed by atoms with E-state index in [4.69, 9.17) is 24.7 Å². The summed E-state index contributed by atoms with van der Waals surface area (Å²) in [6.07, 6.45) is 5.56. The van der Waals surface area contributed by atoms with Crippen molar-refractivity contribution < 1.29 is 28.5 Å². The molecule has 0 aliphatic heterocycles. The molecule has 0 unspecified atom stereocenters. The maximum absolute atomic E-state index is 11.6. The first-order chi connectivity index (χ1) is 13.2. The van der Waals surface area contributed by atoms with Gasteiger partial charge in [0.05, 0.1) is 33.0 Å². The van der Waals surface area contributed by atoms with Gasteiger partial charge >= 0.3 is 0 Å². The monoisotopic (exact) mass is 390 g/mol. The number of rotatable bonds is 21. The minimum absolute atomic E-state index is 0.0208. The van der Waals surface area contributed by atoms with E-state index >= 15 is 0 Å². The van der Waals surface area contributed by atoms with Gasteiger partial charge in [0.1, 0.15) is 13.2 Å². The fourth-order valence-electron chi connectivity index (χ4n) is 2.14. The van der Waals surface area contributed by atoms with Gasteiger partial charge in [0.25, 0.3) is 0 Å². The van der Waals surface area contributed by atoms with Gasteiger partial charge in [-0.25, -0.2) is 0 Å². The van der Waals surface area contributed by atoms with Crippen molar-refractivity contribution in [1.29, 1.82) is 0 Å². The first-order valence-corrected chi connectivity index (χ1v) is 10.00. The molecule has 0 aliphatic rings. The van der Waals surface area contributed by atoms with Crippen LogP contribution in [0.4, 0.5) is 0 Å². The summed E-state index contributed by atoms with van der Waals surface area (Å²) in [5, 5.41) is 2.70. The molecule has 0 saturated heterocycles.